The third kappa shape index (κ3) is 5.90. The van der Waals surface area contributed by atoms with Crippen molar-refractivity contribution in [1.82, 2.24) is 5.32 Å². The molecule has 0 unspecified atom stereocenters. The number of hydrogen-bond acceptors (Lipinski definition) is 2. The molecule has 19 heavy (non-hydrogen) atoms. The highest BCUT2D eigenvalue weighted by Gasteiger charge is 2.02. The van der Waals surface area contributed by atoms with Gasteiger partial charge in [0.15, 0.2) is 5.96 Å². The van der Waals surface area contributed by atoms with E-state index in [9.17, 15) is 4.79 Å². The van der Waals surface area contributed by atoms with Crippen molar-refractivity contribution in [2.45, 2.75) is 33.2 Å². The van der Waals surface area contributed by atoms with Gasteiger partial charge in [0.2, 0.25) is 5.91 Å². The quantitative estimate of drug-likeness (QED) is 0.556. The van der Waals surface area contributed by atoms with E-state index in [0.29, 0.717) is 0 Å². The number of benzene rings is 1. The molecule has 4 N–H and O–H groups in total. The number of carbonyl (C=O) groups excluding carboxylic acids is 1. The Morgan fingerprint density at radius 1 is 1.42 bits per heavy atom. The standard InChI is InChI=1S/C14H22N4O/c1-4-11-6-5-7-12(8-11)18-14(15)16-9-13(19)17-10(2)3/h5-8,10H,4,9H2,1-3H3,(H,17,19)(H3,15,16,18). The number of anilines is 1. The lowest BCUT2D eigenvalue weighted by Crippen LogP contribution is -2.33. The molecule has 0 spiro atoms. The third-order valence-corrected chi connectivity index (χ3v) is 2.45. The smallest absolute Gasteiger partial charge is 0.242 e. The molecule has 0 radical (unpaired) electrons. The van der Waals surface area contributed by atoms with Gasteiger partial charge in [0.05, 0.1) is 0 Å². The van der Waals surface area contributed by atoms with Gasteiger partial charge in [-0.25, -0.2) is 4.99 Å². The lowest BCUT2D eigenvalue weighted by atomic mass is 10.1. The van der Waals surface area contributed by atoms with E-state index >= 15 is 0 Å². The van der Waals surface area contributed by atoms with E-state index in [4.69, 9.17) is 5.73 Å². The largest absolute Gasteiger partial charge is 0.370 e. The molecular weight excluding hydrogens is 240 g/mol. The van der Waals surface area contributed by atoms with Crippen molar-refractivity contribution in [2.24, 2.45) is 10.7 Å². The van der Waals surface area contributed by atoms with Crippen LogP contribution in [0.25, 0.3) is 0 Å². The minimum absolute atomic E-state index is 0.0322. The molecule has 1 aromatic rings. The molecule has 0 aliphatic carbocycles. The van der Waals surface area contributed by atoms with Gasteiger partial charge in [0.25, 0.3) is 0 Å². The van der Waals surface area contributed by atoms with Crippen molar-refractivity contribution in [3.05, 3.63) is 29.8 Å². The highest BCUT2D eigenvalue weighted by atomic mass is 16.1. The van der Waals surface area contributed by atoms with E-state index in [0.717, 1.165) is 12.1 Å². The number of carbonyl (C=O) groups is 1. The van der Waals surface area contributed by atoms with Gasteiger partial charge < -0.3 is 16.4 Å². The molecule has 0 atom stereocenters. The van der Waals surface area contributed by atoms with Gasteiger partial charge in [-0.3, -0.25) is 4.79 Å². The van der Waals surface area contributed by atoms with E-state index in [-0.39, 0.29) is 24.5 Å². The van der Waals surface area contributed by atoms with Crippen LogP contribution in [-0.4, -0.2) is 24.5 Å². The molecule has 0 bridgehead atoms. The molecule has 0 saturated carbocycles. The van der Waals surface area contributed by atoms with Gasteiger partial charge >= 0.3 is 0 Å². The fourth-order valence-corrected chi connectivity index (χ4v) is 1.58. The summed E-state index contributed by atoms with van der Waals surface area (Å²) in [4.78, 5) is 15.4. The SMILES string of the molecule is CCc1cccc(NC(N)=NCC(=O)NC(C)C)c1. The fraction of sp³-hybridized carbons (Fsp3) is 0.429. The van der Waals surface area contributed by atoms with Crippen LogP contribution in [0.5, 0.6) is 0 Å². The number of rotatable bonds is 5. The maximum atomic E-state index is 11.4. The van der Waals surface area contributed by atoms with Gasteiger partial charge in [-0.2, -0.15) is 0 Å². The summed E-state index contributed by atoms with van der Waals surface area (Å²) in [5, 5.41) is 5.72. The average Bonchev–Trinajstić information content (AvgIpc) is 2.36. The van der Waals surface area contributed by atoms with Crippen LogP contribution in [0.2, 0.25) is 0 Å². The summed E-state index contributed by atoms with van der Waals surface area (Å²) >= 11 is 0. The lowest BCUT2D eigenvalue weighted by Gasteiger charge is -2.08. The summed E-state index contributed by atoms with van der Waals surface area (Å²) in [6.45, 7) is 5.93. The van der Waals surface area contributed by atoms with Gasteiger partial charge in [-0.1, -0.05) is 19.1 Å². The molecule has 5 nitrogen and oxygen atoms in total. The van der Waals surface area contributed by atoms with Gasteiger partial charge in [0, 0.05) is 11.7 Å². The van der Waals surface area contributed by atoms with Crippen molar-refractivity contribution >= 4 is 17.6 Å². The zero-order valence-electron chi connectivity index (χ0n) is 11.7. The van der Waals surface area contributed by atoms with Crippen molar-refractivity contribution in [3.8, 4) is 0 Å². The second-order valence-electron chi connectivity index (χ2n) is 4.60. The first-order chi connectivity index (χ1) is 9.01. The van der Waals surface area contributed by atoms with Gasteiger partial charge in [-0.15, -0.1) is 0 Å². The Labute approximate surface area is 114 Å². The van der Waals surface area contributed by atoms with Gasteiger partial charge in [0.1, 0.15) is 6.54 Å². The Morgan fingerprint density at radius 2 is 2.16 bits per heavy atom. The number of aryl methyl sites for hydroxylation is 1. The summed E-state index contributed by atoms with van der Waals surface area (Å²) in [7, 11) is 0. The number of nitrogens with two attached hydrogens (primary N) is 1. The summed E-state index contributed by atoms with van der Waals surface area (Å²) < 4.78 is 0. The van der Waals surface area contributed by atoms with Crippen LogP contribution in [0.4, 0.5) is 5.69 Å². The first kappa shape index (κ1) is 15.0. The van der Waals surface area contributed by atoms with Crippen LogP contribution in [0.1, 0.15) is 26.3 Å². The Kier molecular flexibility index (Phi) is 5.85. The Hall–Kier alpha value is -2.04. The molecule has 1 rings (SSSR count). The Balaban J connectivity index is 2.53. The molecule has 1 aromatic carbocycles. The van der Waals surface area contributed by atoms with E-state index in [1.165, 1.54) is 5.56 Å². The average molecular weight is 262 g/mol. The fourth-order valence-electron chi connectivity index (χ4n) is 1.58. The second kappa shape index (κ2) is 7.41. The predicted molar refractivity (Wildman–Crippen MR) is 79.2 cm³/mol. The highest BCUT2D eigenvalue weighted by molar-refractivity contribution is 5.93. The molecule has 0 aliphatic heterocycles. The van der Waals surface area contributed by atoms with Crippen LogP contribution in [0, 0.1) is 0 Å². The molecular formula is C14H22N4O. The maximum Gasteiger partial charge on any atom is 0.242 e. The number of nitrogens with one attached hydrogen (secondary N) is 2. The molecule has 0 aliphatic rings. The Morgan fingerprint density at radius 3 is 2.79 bits per heavy atom. The number of hydrogen-bond donors (Lipinski definition) is 3. The predicted octanol–water partition coefficient (Wildman–Crippen LogP) is 1.50. The molecule has 5 heteroatoms. The highest BCUT2D eigenvalue weighted by Crippen LogP contribution is 2.10. The lowest BCUT2D eigenvalue weighted by molar-refractivity contribution is -0.120. The van der Waals surface area contributed by atoms with E-state index in [1.807, 2.05) is 32.0 Å². The third-order valence-electron chi connectivity index (χ3n) is 2.45. The Bertz CT molecular complexity index is 455. The number of nitrogens with zero attached hydrogens (tertiary/aromatic N) is 1. The summed E-state index contributed by atoms with van der Waals surface area (Å²) in [6, 6.07) is 8.04. The van der Waals surface area contributed by atoms with E-state index in [1.54, 1.807) is 0 Å². The van der Waals surface area contributed by atoms with Crippen molar-refractivity contribution in [1.29, 1.82) is 0 Å². The summed E-state index contributed by atoms with van der Waals surface area (Å²) in [6.07, 6.45) is 0.962. The van der Waals surface area contributed by atoms with Crippen LogP contribution in [0.3, 0.4) is 0 Å². The normalized spacial score (nSPS) is 11.5. The summed E-state index contributed by atoms with van der Waals surface area (Å²) in [5.41, 5.74) is 7.83. The maximum absolute atomic E-state index is 11.4. The molecule has 0 heterocycles. The molecule has 104 valence electrons. The first-order valence-corrected chi connectivity index (χ1v) is 6.46. The summed E-state index contributed by atoms with van der Waals surface area (Å²) in [5.74, 6) is 0.106. The zero-order chi connectivity index (χ0) is 14.3. The second-order valence-corrected chi connectivity index (χ2v) is 4.60. The first-order valence-electron chi connectivity index (χ1n) is 6.46. The molecule has 0 saturated heterocycles. The monoisotopic (exact) mass is 262 g/mol. The topological polar surface area (TPSA) is 79.5 Å². The van der Waals surface area contributed by atoms with Crippen molar-refractivity contribution < 1.29 is 4.79 Å². The molecule has 1 amide bonds. The van der Waals surface area contributed by atoms with Crippen LogP contribution in [0.15, 0.2) is 29.3 Å². The van der Waals surface area contributed by atoms with Crippen LogP contribution in [-0.2, 0) is 11.2 Å². The van der Waals surface area contributed by atoms with E-state index in [2.05, 4.69) is 28.6 Å². The van der Waals surface area contributed by atoms with Crippen molar-refractivity contribution in [3.63, 3.8) is 0 Å². The van der Waals surface area contributed by atoms with Crippen LogP contribution < -0.4 is 16.4 Å². The minimum atomic E-state index is -0.137. The number of guanidine groups is 1. The molecule has 0 aromatic heterocycles. The van der Waals surface area contributed by atoms with Gasteiger partial charge in [-0.05, 0) is 38.0 Å². The van der Waals surface area contributed by atoms with E-state index < -0.39 is 0 Å². The zero-order valence-corrected chi connectivity index (χ0v) is 11.7. The number of amides is 1. The molecule has 0 fully saturated rings. The number of aliphatic imine (C=N–C) groups is 1. The van der Waals surface area contributed by atoms with Crippen molar-refractivity contribution in [2.75, 3.05) is 11.9 Å². The minimum Gasteiger partial charge on any atom is -0.370 e. The van der Waals surface area contributed by atoms with Crippen LogP contribution >= 0.6 is 0 Å².